The summed E-state index contributed by atoms with van der Waals surface area (Å²) in [6.07, 6.45) is 2.69. The smallest absolute Gasteiger partial charge is 0.407 e. The molecule has 0 aromatic heterocycles. The van der Waals surface area contributed by atoms with E-state index in [0.29, 0.717) is 17.4 Å². The third-order valence-electron chi connectivity index (χ3n) is 5.53. The van der Waals surface area contributed by atoms with Crippen molar-refractivity contribution in [2.75, 3.05) is 20.8 Å². The highest BCUT2D eigenvalue weighted by atomic mass is 79.9. The first-order valence-corrected chi connectivity index (χ1v) is 10.5. The molecule has 1 saturated heterocycles. The molecule has 9 heteroatoms. The molecular weight excluding hydrogens is 457 g/mol. The van der Waals surface area contributed by atoms with Crippen molar-refractivity contribution < 1.29 is 23.5 Å². The lowest BCUT2D eigenvalue weighted by Gasteiger charge is -2.31. The summed E-state index contributed by atoms with van der Waals surface area (Å²) in [6.45, 7) is 2.29. The van der Waals surface area contributed by atoms with Crippen LogP contribution in [0.5, 0.6) is 0 Å². The Balaban J connectivity index is 1.73. The van der Waals surface area contributed by atoms with Gasteiger partial charge < -0.3 is 19.7 Å². The molecule has 0 aliphatic carbocycles. The van der Waals surface area contributed by atoms with Gasteiger partial charge >= 0.3 is 6.09 Å². The van der Waals surface area contributed by atoms with Crippen molar-refractivity contribution >= 4 is 39.2 Å². The van der Waals surface area contributed by atoms with Crippen LogP contribution in [0.25, 0.3) is 5.57 Å². The van der Waals surface area contributed by atoms with Gasteiger partial charge in [-0.1, -0.05) is 6.07 Å². The number of likely N-dealkylation sites (tertiary alicyclic amines) is 1. The Hall–Kier alpha value is -2.26. The molecule has 0 spiro atoms. The van der Waals surface area contributed by atoms with Crippen LogP contribution in [0.2, 0.25) is 0 Å². The topological polar surface area (TPSA) is 80.2 Å². The number of hydrogen-bond acceptors (Lipinski definition) is 5. The van der Waals surface area contributed by atoms with Gasteiger partial charge in [-0.25, -0.2) is 9.18 Å². The van der Waals surface area contributed by atoms with Gasteiger partial charge in [-0.05, 0) is 59.0 Å². The number of benzene rings is 1. The molecule has 2 amide bonds. The number of rotatable bonds is 6. The number of allylic oxidation sites excluding steroid dienone is 1. The Kier molecular flexibility index (Phi) is 7.25. The van der Waals surface area contributed by atoms with Gasteiger partial charge in [0.2, 0.25) is 5.91 Å². The van der Waals surface area contributed by atoms with Crippen LogP contribution in [0.1, 0.15) is 31.7 Å². The van der Waals surface area contributed by atoms with Crippen LogP contribution in [0.4, 0.5) is 9.18 Å². The molecule has 1 aromatic carbocycles. The lowest BCUT2D eigenvalue weighted by Crippen LogP contribution is -2.56. The second-order valence-corrected chi connectivity index (χ2v) is 8.18. The standard InChI is InChI=1S/C21H25BrFN3O4/c1-12(29-2)19(25-21(28)30-3)20(27)26-8-4-5-18(26)17-10-14(11-24-17)13-6-7-15(22)16(23)9-13/h6-7,9,11-12,18-19H,4-5,8,10H2,1-3H3,(H,25,28)/t12-,18+,19+/m1/s1. The van der Waals surface area contributed by atoms with Gasteiger partial charge in [0.25, 0.3) is 0 Å². The number of aliphatic imine (C=N–C) groups is 1. The molecule has 0 saturated carbocycles. The molecule has 30 heavy (non-hydrogen) atoms. The number of hydrogen-bond donors (Lipinski definition) is 1. The first-order chi connectivity index (χ1) is 14.3. The van der Waals surface area contributed by atoms with Crippen molar-refractivity contribution in [1.29, 1.82) is 0 Å². The van der Waals surface area contributed by atoms with Gasteiger partial charge in [0, 0.05) is 32.0 Å². The van der Waals surface area contributed by atoms with E-state index in [4.69, 9.17) is 4.74 Å². The van der Waals surface area contributed by atoms with Crippen molar-refractivity contribution in [2.45, 2.75) is 44.4 Å². The predicted molar refractivity (Wildman–Crippen MR) is 115 cm³/mol. The summed E-state index contributed by atoms with van der Waals surface area (Å²) in [6, 6.07) is 3.95. The Labute approximate surface area is 183 Å². The Bertz CT molecular complexity index is 889. The Morgan fingerprint density at radius 2 is 2.13 bits per heavy atom. The zero-order valence-electron chi connectivity index (χ0n) is 17.2. The summed E-state index contributed by atoms with van der Waals surface area (Å²) in [7, 11) is 2.73. The summed E-state index contributed by atoms with van der Waals surface area (Å²) in [5.74, 6) is -0.562. The quantitative estimate of drug-likeness (QED) is 0.673. The van der Waals surface area contributed by atoms with E-state index in [1.54, 1.807) is 24.1 Å². The van der Waals surface area contributed by atoms with Gasteiger partial charge in [-0.3, -0.25) is 9.79 Å². The summed E-state index contributed by atoms with van der Waals surface area (Å²) >= 11 is 3.16. The van der Waals surface area contributed by atoms with Crippen LogP contribution in [-0.4, -0.2) is 61.6 Å². The zero-order chi connectivity index (χ0) is 21.8. The fourth-order valence-corrected chi connectivity index (χ4v) is 4.03. The van der Waals surface area contributed by atoms with E-state index >= 15 is 0 Å². The highest BCUT2D eigenvalue weighted by molar-refractivity contribution is 9.10. The number of carbonyl (C=O) groups is 2. The fourth-order valence-electron chi connectivity index (χ4n) is 3.78. The number of carbonyl (C=O) groups excluding carboxylic acids is 2. The molecule has 0 radical (unpaired) electrons. The third-order valence-corrected chi connectivity index (χ3v) is 6.18. The van der Waals surface area contributed by atoms with Gasteiger partial charge in [-0.15, -0.1) is 0 Å². The van der Waals surface area contributed by atoms with Crippen molar-refractivity contribution in [2.24, 2.45) is 4.99 Å². The van der Waals surface area contributed by atoms with Crippen LogP contribution in [0.15, 0.2) is 33.9 Å². The SMILES string of the molecule is COC(=O)N[C@H](C(=O)N1CCC[C@H]1C1=NC=C(c2ccc(Br)c(F)c2)C1)[C@@H](C)OC. The number of amides is 2. The number of methoxy groups -OCH3 is 2. The molecule has 2 aliphatic rings. The maximum atomic E-state index is 13.9. The molecule has 3 rings (SSSR count). The molecular formula is C21H25BrFN3O4. The summed E-state index contributed by atoms with van der Waals surface area (Å²) in [4.78, 5) is 31.3. The number of halogens is 2. The van der Waals surface area contributed by atoms with E-state index in [1.165, 1.54) is 20.3 Å². The van der Waals surface area contributed by atoms with E-state index in [0.717, 1.165) is 29.7 Å². The number of alkyl carbamates (subject to hydrolysis) is 1. The maximum Gasteiger partial charge on any atom is 0.407 e. The van der Waals surface area contributed by atoms with E-state index in [9.17, 15) is 14.0 Å². The van der Waals surface area contributed by atoms with E-state index < -0.39 is 18.2 Å². The lowest BCUT2D eigenvalue weighted by molar-refractivity contribution is -0.136. The molecule has 1 N–H and O–H groups in total. The third kappa shape index (κ3) is 4.73. The van der Waals surface area contributed by atoms with Crippen molar-refractivity contribution in [3.8, 4) is 0 Å². The first kappa shape index (κ1) is 22.4. The highest BCUT2D eigenvalue weighted by Gasteiger charge is 2.39. The molecule has 0 bridgehead atoms. The molecule has 162 valence electrons. The minimum absolute atomic E-state index is 0.169. The van der Waals surface area contributed by atoms with Crippen molar-refractivity contribution in [3.63, 3.8) is 0 Å². The molecule has 2 aliphatic heterocycles. The number of ether oxygens (including phenoxy) is 2. The van der Waals surface area contributed by atoms with Crippen molar-refractivity contribution in [1.82, 2.24) is 10.2 Å². The van der Waals surface area contributed by atoms with Crippen LogP contribution >= 0.6 is 15.9 Å². The molecule has 7 nitrogen and oxygen atoms in total. The summed E-state index contributed by atoms with van der Waals surface area (Å²) in [5, 5.41) is 2.57. The van der Waals surface area contributed by atoms with Crippen LogP contribution < -0.4 is 5.32 Å². The lowest BCUT2D eigenvalue weighted by atomic mass is 9.98. The normalized spacial score (nSPS) is 20.4. The molecule has 1 aromatic rings. The zero-order valence-corrected chi connectivity index (χ0v) is 18.7. The highest BCUT2D eigenvalue weighted by Crippen LogP contribution is 2.31. The van der Waals surface area contributed by atoms with Crippen LogP contribution in [0, 0.1) is 5.82 Å². The second-order valence-electron chi connectivity index (χ2n) is 7.32. The molecule has 2 heterocycles. The first-order valence-electron chi connectivity index (χ1n) is 9.74. The Morgan fingerprint density at radius 3 is 2.80 bits per heavy atom. The van der Waals surface area contributed by atoms with Crippen LogP contribution in [-0.2, 0) is 14.3 Å². The molecule has 1 fully saturated rings. The number of nitrogens with zero attached hydrogens (tertiary/aromatic N) is 2. The average Bonchev–Trinajstić information content (AvgIpc) is 3.42. The monoisotopic (exact) mass is 481 g/mol. The van der Waals surface area contributed by atoms with Crippen molar-refractivity contribution in [3.05, 3.63) is 40.3 Å². The molecule has 3 atom stereocenters. The fraction of sp³-hybridized carbons (Fsp3) is 0.476. The number of nitrogens with one attached hydrogen (secondary N) is 1. The van der Waals surface area contributed by atoms with Gasteiger partial charge in [0.05, 0.1) is 23.7 Å². The minimum Gasteiger partial charge on any atom is -0.453 e. The Morgan fingerprint density at radius 1 is 1.37 bits per heavy atom. The summed E-state index contributed by atoms with van der Waals surface area (Å²) in [5.41, 5.74) is 2.54. The average molecular weight is 482 g/mol. The molecule has 0 unspecified atom stereocenters. The van der Waals surface area contributed by atoms with Gasteiger partial charge in [0.1, 0.15) is 11.9 Å². The van der Waals surface area contributed by atoms with E-state index in [-0.39, 0.29) is 17.8 Å². The largest absolute Gasteiger partial charge is 0.453 e. The van der Waals surface area contributed by atoms with E-state index in [2.05, 4.69) is 31.0 Å². The maximum absolute atomic E-state index is 13.9. The predicted octanol–water partition coefficient (Wildman–Crippen LogP) is 3.52. The minimum atomic E-state index is -0.863. The van der Waals surface area contributed by atoms with Gasteiger partial charge in [-0.2, -0.15) is 0 Å². The second kappa shape index (κ2) is 9.70. The summed E-state index contributed by atoms with van der Waals surface area (Å²) < 4.78 is 24.3. The van der Waals surface area contributed by atoms with Crippen LogP contribution in [0.3, 0.4) is 0 Å². The van der Waals surface area contributed by atoms with Gasteiger partial charge in [0.15, 0.2) is 0 Å². The van der Waals surface area contributed by atoms with E-state index in [1.807, 2.05) is 6.07 Å².